The molecule has 1 fully saturated rings. The fraction of sp³-hybridized carbons (Fsp3) is 0.280. The highest BCUT2D eigenvalue weighted by Gasteiger charge is 2.28. The number of aromatic nitrogens is 4. The summed E-state index contributed by atoms with van der Waals surface area (Å²) in [6, 6.07) is 11.4. The van der Waals surface area contributed by atoms with Crippen molar-refractivity contribution in [2.24, 2.45) is 0 Å². The van der Waals surface area contributed by atoms with Crippen molar-refractivity contribution in [1.29, 1.82) is 0 Å². The highest BCUT2D eigenvalue weighted by molar-refractivity contribution is 9.10. The van der Waals surface area contributed by atoms with Crippen LogP contribution in [-0.2, 0) is 6.54 Å². The molecule has 6 rings (SSSR count). The maximum absolute atomic E-state index is 13.3. The normalized spacial score (nSPS) is 17.1. The monoisotopic (exact) mass is 534 g/mol. The predicted molar refractivity (Wildman–Crippen MR) is 133 cm³/mol. The first-order valence-electron chi connectivity index (χ1n) is 11.5. The van der Waals surface area contributed by atoms with Gasteiger partial charge in [0.25, 0.3) is 5.91 Å². The molecule has 1 atom stereocenters. The zero-order valence-electron chi connectivity index (χ0n) is 18.9. The summed E-state index contributed by atoms with van der Waals surface area (Å²) in [6.07, 6.45) is 7.22. The molecule has 3 aromatic heterocycles. The molecule has 2 aliphatic heterocycles. The number of hydrogen-bond donors (Lipinski definition) is 1. The van der Waals surface area contributed by atoms with Crippen LogP contribution < -0.4 is 14.8 Å². The van der Waals surface area contributed by atoms with Crippen molar-refractivity contribution in [3.8, 4) is 11.5 Å². The number of halogens is 1. The lowest BCUT2D eigenvalue weighted by Crippen LogP contribution is -2.39. The number of rotatable bonds is 5. The molecule has 9 nitrogen and oxygen atoms in total. The third-order valence-electron chi connectivity index (χ3n) is 6.39. The molecule has 0 aliphatic carbocycles. The summed E-state index contributed by atoms with van der Waals surface area (Å²) in [5.41, 5.74) is 3.37. The molecule has 4 aromatic rings. The van der Waals surface area contributed by atoms with Gasteiger partial charge in [0, 0.05) is 49.6 Å². The second-order valence-corrected chi connectivity index (χ2v) is 9.52. The third kappa shape index (κ3) is 4.29. The number of ether oxygens (including phenoxy) is 2. The summed E-state index contributed by atoms with van der Waals surface area (Å²) >= 11 is 3.58. The Kier molecular flexibility index (Phi) is 5.73. The molecule has 1 unspecified atom stereocenters. The number of benzene rings is 1. The smallest absolute Gasteiger partial charge is 0.254 e. The van der Waals surface area contributed by atoms with Crippen LogP contribution in [0.25, 0.3) is 5.65 Å². The molecule has 0 bridgehead atoms. The Labute approximate surface area is 210 Å². The van der Waals surface area contributed by atoms with Crippen molar-refractivity contribution in [2.75, 3.05) is 25.2 Å². The standard InChI is InChI=1S/C25H23BrN6O3/c26-19-13-29-32-23(28-12-16-3-1-7-27-11-16)10-20(30-24(19)32)18-4-2-8-31(14-18)25(33)17-5-6-21-22(9-17)35-15-34-21/h1,3,5-7,9-11,13,18,28H,2,4,8,12,14-15H2. The third-order valence-corrected chi connectivity index (χ3v) is 6.95. The first-order valence-corrected chi connectivity index (χ1v) is 12.3. The maximum atomic E-state index is 13.3. The lowest BCUT2D eigenvalue weighted by Gasteiger charge is -2.33. The van der Waals surface area contributed by atoms with E-state index in [9.17, 15) is 4.79 Å². The molecule has 1 N–H and O–H groups in total. The van der Waals surface area contributed by atoms with E-state index in [0.717, 1.165) is 40.0 Å². The highest BCUT2D eigenvalue weighted by atomic mass is 79.9. The number of anilines is 1. The highest BCUT2D eigenvalue weighted by Crippen LogP contribution is 2.34. The van der Waals surface area contributed by atoms with Gasteiger partial charge in [0.1, 0.15) is 5.82 Å². The Hall–Kier alpha value is -3.66. The molecule has 1 saturated heterocycles. The predicted octanol–water partition coefficient (Wildman–Crippen LogP) is 4.25. The lowest BCUT2D eigenvalue weighted by molar-refractivity contribution is 0.0705. The van der Waals surface area contributed by atoms with Crippen LogP contribution in [0.4, 0.5) is 5.82 Å². The fourth-order valence-electron chi connectivity index (χ4n) is 4.60. The Morgan fingerprint density at radius 1 is 1.17 bits per heavy atom. The summed E-state index contributed by atoms with van der Waals surface area (Å²) in [7, 11) is 0. The quantitative estimate of drug-likeness (QED) is 0.409. The van der Waals surface area contributed by atoms with Crippen molar-refractivity contribution in [3.63, 3.8) is 0 Å². The maximum Gasteiger partial charge on any atom is 0.254 e. The van der Waals surface area contributed by atoms with Crippen molar-refractivity contribution in [2.45, 2.75) is 25.3 Å². The molecule has 1 amide bonds. The van der Waals surface area contributed by atoms with Gasteiger partial charge in [-0.25, -0.2) is 4.98 Å². The van der Waals surface area contributed by atoms with Gasteiger partial charge in [0.2, 0.25) is 6.79 Å². The average Bonchev–Trinajstić information content (AvgIpc) is 3.53. The van der Waals surface area contributed by atoms with Gasteiger partial charge in [-0.15, -0.1) is 0 Å². The Morgan fingerprint density at radius 2 is 2.09 bits per heavy atom. The van der Waals surface area contributed by atoms with Gasteiger partial charge in [-0.2, -0.15) is 9.61 Å². The first kappa shape index (κ1) is 21.8. The van der Waals surface area contributed by atoms with Gasteiger partial charge in [-0.1, -0.05) is 6.07 Å². The number of nitrogens with one attached hydrogen (secondary N) is 1. The van der Waals surface area contributed by atoms with Gasteiger partial charge in [0.15, 0.2) is 17.1 Å². The number of hydrogen-bond acceptors (Lipinski definition) is 7. The summed E-state index contributed by atoms with van der Waals surface area (Å²) < 4.78 is 13.4. The minimum Gasteiger partial charge on any atom is -0.454 e. The number of amides is 1. The summed E-state index contributed by atoms with van der Waals surface area (Å²) in [5, 5.41) is 7.94. The van der Waals surface area contributed by atoms with Crippen LogP contribution in [0.5, 0.6) is 11.5 Å². The van der Waals surface area contributed by atoms with E-state index in [2.05, 4.69) is 31.3 Å². The van der Waals surface area contributed by atoms with E-state index in [0.29, 0.717) is 36.7 Å². The lowest BCUT2D eigenvalue weighted by atomic mass is 9.94. The molecule has 0 spiro atoms. The Morgan fingerprint density at radius 3 is 2.97 bits per heavy atom. The van der Waals surface area contributed by atoms with Crippen LogP contribution in [0.3, 0.4) is 0 Å². The second-order valence-electron chi connectivity index (χ2n) is 8.67. The van der Waals surface area contributed by atoms with Crippen molar-refractivity contribution >= 4 is 33.3 Å². The van der Waals surface area contributed by atoms with Gasteiger partial charge in [0.05, 0.1) is 16.4 Å². The molecule has 35 heavy (non-hydrogen) atoms. The second kappa shape index (κ2) is 9.18. The molecular formula is C25H23BrN6O3. The van der Waals surface area contributed by atoms with E-state index in [-0.39, 0.29) is 18.6 Å². The topological polar surface area (TPSA) is 93.9 Å². The van der Waals surface area contributed by atoms with Crippen LogP contribution in [0, 0.1) is 0 Å². The average molecular weight is 535 g/mol. The van der Waals surface area contributed by atoms with E-state index in [1.54, 1.807) is 35.1 Å². The number of fused-ring (bicyclic) bond motifs is 2. The fourth-order valence-corrected chi connectivity index (χ4v) is 4.95. The van der Waals surface area contributed by atoms with Crippen molar-refractivity contribution in [3.05, 3.63) is 76.3 Å². The van der Waals surface area contributed by atoms with E-state index < -0.39 is 0 Å². The molecule has 178 valence electrons. The molecular weight excluding hydrogens is 512 g/mol. The molecule has 5 heterocycles. The molecule has 10 heteroatoms. The minimum atomic E-state index is -0.00506. The number of likely N-dealkylation sites (tertiary alicyclic amines) is 1. The van der Waals surface area contributed by atoms with Gasteiger partial charge in [-0.3, -0.25) is 9.78 Å². The molecule has 1 aromatic carbocycles. The largest absolute Gasteiger partial charge is 0.454 e. The van der Waals surface area contributed by atoms with Crippen molar-refractivity contribution < 1.29 is 14.3 Å². The summed E-state index contributed by atoms with van der Waals surface area (Å²) in [6.45, 7) is 2.12. The number of carbonyl (C=O) groups excluding carboxylic acids is 1. The van der Waals surface area contributed by atoms with Crippen LogP contribution in [0.1, 0.15) is 40.4 Å². The van der Waals surface area contributed by atoms with E-state index in [1.807, 2.05) is 29.3 Å². The number of piperidine rings is 1. The molecule has 0 saturated carbocycles. The van der Waals surface area contributed by atoms with Gasteiger partial charge < -0.3 is 19.7 Å². The summed E-state index contributed by atoms with van der Waals surface area (Å²) in [5.74, 6) is 2.25. The van der Waals surface area contributed by atoms with Crippen LogP contribution >= 0.6 is 15.9 Å². The minimum absolute atomic E-state index is 0.00506. The zero-order chi connectivity index (χ0) is 23.8. The van der Waals surface area contributed by atoms with Gasteiger partial charge >= 0.3 is 0 Å². The van der Waals surface area contributed by atoms with E-state index in [4.69, 9.17) is 14.5 Å². The molecule has 2 aliphatic rings. The van der Waals surface area contributed by atoms with Crippen molar-refractivity contribution in [1.82, 2.24) is 24.5 Å². The van der Waals surface area contributed by atoms with E-state index in [1.165, 1.54) is 0 Å². The zero-order valence-corrected chi connectivity index (χ0v) is 20.4. The molecule has 0 radical (unpaired) electrons. The van der Waals surface area contributed by atoms with Crippen LogP contribution in [-0.4, -0.2) is 50.3 Å². The van der Waals surface area contributed by atoms with Gasteiger partial charge in [-0.05, 0) is 58.6 Å². The Balaban J connectivity index is 1.25. The number of pyridine rings is 1. The number of nitrogens with zero attached hydrogens (tertiary/aromatic N) is 5. The Bertz CT molecular complexity index is 1390. The first-order chi connectivity index (χ1) is 17.2. The number of carbonyl (C=O) groups is 1. The van der Waals surface area contributed by atoms with Crippen LogP contribution in [0.2, 0.25) is 0 Å². The van der Waals surface area contributed by atoms with Crippen LogP contribution in [0.15, 0.2) is 59.5 Å². The SMILES string of the molecule is O=C(c1ccc2c(c1)OCO2)N1CCCC(c2cc(NCc3cccnc3)n3ncc(Br)c3n2)C1. The van der Waals surface area contributed by atoms with E-state index >= 15 is 0 Å². The summed E-state index contributed by atoms with van der Waals surface area (Å²) in [4.78, 5) is 24.3.